The van der Waals surface area contributed by atoms with E-state index in [1.165, 1.54) is 17.5 Å². The molecular formula is C15H20N2O. The molecule has 0 unspecified atom stereocenters. The minimum atomic E-state index is 0.211. The molecule has 1 N–H and O–H groups in total. The molecule has 96 valence electrons. The third kappa shape index (κ3) is 2.27. The van der Waals surface area contributed by atoms with E-state index in [1.54, 1.807) is 0 Å². The van der Waals surface area contributed by atoms with E-state index in [2.05, 4.69) is 17.4 Å². The molecule has 0 radical (unpaired) electrons. The van der Waals surface area contributed by atoms with Crippen molar-refractivity contribution in [3.05, 3.63) is 34.9 Å². The number of benzene rings is 1. The number of rotatable bonds is 1. The number of piperidine rings is 1. The first-order valence-corrected chi connectivity index (χ1v) is 6.96. The van der Waals surface area contributed by atoms with Gasteiger partial charge in [-0.05, 0) is 55.5 Å². The first-order chi connectivity index (χ1) is 8.84. The molecule has 3 heteroatoms. The van der Waals surface area contributed by atoms with Gasteiger partial charge < -0.3 is 10.2 Å². The van der Waals surface area contributed by atoms with Crippen molar-refractivity contribution in [2.45, 2.75) is 32.2 Å². The SMILES string of the molecule is O=C(c1ccc2c(c1)CNCC2)N1CCCCC1. The molecule has 1 fully saturated rings. The van der Waals surface area contributed by atoms with Crippen LogP contribution >= 0.6 is 0 Å². The number of nitrogens with zero attached hydrogens (tertiary/aromatic N) is 1. The van der Waals surface area contributed by atoms with E-state index in [0.29, 0.717) is 0 Å². The number of amides is 1. The first kappa shape index (κ1) is 11.7. The van der Waals surface area contributed by atoms with Crippen molar-refractivity contribution in [3.63, 3.8) is 0 Å². The summed E-state index contributed by atoms with van der Waals surface area (Å²) in [5.74, 6) is 0.211. The number of carbonyl (C=O) groups is 1. The molecule has 1 aromatic rings. The highest BCUT2D eigenvalue weighted by atomic mass is 16.2. The molecule has 0 saturated carbocycles. The van der Waals surface area contributed by atoms with Crippen LogP contribution in [0.15, 0.2) is 18.2 Å². The van der Waals surface area contributed by atoms with Gasteiger partial charge in [0.25, 0.3) is 5.91 Å². The van der Waals surface area contributed by atoms with Crippen LogP contribution in [0, 0.1) is 0 Å². The standard InChI is InChI=1S/C15H20N2O/c18-15(17-8-2-1-3-9-17)13-5-4-12-6-7-16-11-14(12)10-13/h4-5,10,16H,1-3,6-9,11H2. The van der Waals surface area contributed by atoms with Crippen molar-refractivity contribution in [1.82, 2.24) is 10.2 Å². The summed E-state index contributed by atoms with van der Waals surface area (Å²) in [6, 6.07) is 6.22. The fourth-order valence-electron chi connectivity index (χ4n) is 2.89. The van der Waals surface area contributed by atoms with Crippen molar-refractivity contribution >= 4 is 5.91 Å². The van der Waals surface area contributed by atoms with Gasteiger partial charge in [0.15, 0.2) is 0 Å². The number of hydrogen-bond donors (Lipinski definition) is 1. The normalized spacial score (nSPS) is 19.4. The molecule has 1 saturated heterocycles. The Morgan fingerprint density at radius 2 is 1.94 bits per heavy atom. The number of fused-ring (bicyclic) bond motifs is 1. The van der Waals surface area contributed by atoms with Crippen LogP contribution in [0.25, 0.3) is 0 Å². The molecule has 2 aliphatic rings. The Labute approximate surface area is 108 Å². The quantitative estimate of drug-likeness (QED) is 0.819. The van der Waals surface area contributed by atoms with Gasteiger partial charge in [0.2, 0.25) is 0 Å². The molecule has 3 nitrogen and oxygen atoms in total. The molecule has 0 bridgehead atoms. The van der Waals surface area contributed by atoms with Crippen LogP contribution in [0.1, 0.15) is 40.7 Å². The average Bonchev–Trinajstić information content (AvgIpc) is 2.47. The Morgan fingerprint density at radius 1 is 1.11 bits per heavy atom. The van der Waals surface area contributed by atoms with Crippen LogP contribution in [0.2, 0.25) is 0 Å². The zero-order chi connectivity index (χ0) is 12.4. The molecule has 0 aliphatic carbocycles. The summed E-state index contributed by atoms with van der Waals surface area (Å²) in [5, 5.41) is 3.36. The highest BCUT2D eigenvalue weighted by Crippen LogP contribution is 2.18. The number of hydrogen-bond acceptors (Lipinski definition) is 2. The summed E-state index contributed by atoms with van der Waals surface area (Å²) >= 11 is 0. The summed E-state index contributed by atoms with van der Waals surface area (Å²) in [4.78, 5) is 14.4. The molecule has 2 heterocycles. The van der Waals surface area contributed by atoms with Crippen LogP contribution in [-0.4, -0.2) is 30.4 Å². The van der Waals surface area contributed by atoms with Gasteiger partial charge in [-0.2, -0.15) is 0 Å². The molecule has 0 atom stereocenters. The summed E-state index contributed by atoms with van der Waals surface area (Å²) in [6.07, 6.45) is 4.64. The Balaban J connectivity index is 1.80. The maximum absolute atomic E-state index is 12.4. The minimum Gasteiger partial charge on any atom is -0.339 e. The van der Waals surface area contributed by atoms with Crippen LogP contribution in [0.3, 0.4) is 0 Å². The molecule has 0 spiro atoms. The fraction of sp³-hybridized carbons (Fsp3) is 0.533. The van der Waals surface area contributed by atoms with E-state index >= 15 is 0 Å². The van der Waals surface area contributed by atoms with Crippen molar-refractivity contribution in [3.8, 4) is 0 Å². The third-order valence-corrected chi connectivity index (χ3v) is 3.98. The van der Waals surface area contributed by atoms with Crippen LogP contribution in [-0.2, 0) is 13.0 Å². The zero-order valence-corrected chi connectivity index (χ0v) is 10.7. The number of carbonyl (C=O) groups excluding carboxylic acids is 1. The van der Waals surface area contributed by atoms with E-state index in [1.807, 2.05) is 11.0 Å². The largest absolute Gasteiger partial charge is 0.339 e. The van der Waals surface area contributed by atoms with E-state index in [4.69, 9.17) is 0 Å². The Morgan fingerprint density at radius 3 is 2.78 bits per heavy atom. The van der Waals surface area contributed by atoms with Crippen LogP contribution in [0.4, 0.5) is 0 Å². The predicted octanol–water partition coefficient (Wildman–Crippen LogP) is 1.96. The summed E-state index contributed by atoms with van der Waals surface area (Å²) in [7, 11) is 0. The lowest BCUT2D eigenvalue weighted by atomic mass is 9.98. The molecular weight excluding hydrogens is 224 g/mol. The lowest BCUT2D eigenvalue weighted by molar-refractivity contribution is 0.0724. The Bertz CT molecular complexity index is 450. The van der Waals surface area contributed by atoms with Gasteiger partial charge in [-0.1, -0.05) is 6.07 Å². The van der Waals surface area contributed by atoms with E-state index < -0.39 is 0 Å². The maximum atomic E-state index is 12.4. The molecule has 18 heavy (non-hydrogen) atoms. The van der Waals surface area contributed by atoms with Gasteiger partial charge in [-0.15, -0.1) is 0 Å². The second kappa shape index (κ2) is 5.11. The summed E-state index contributed by atoms with van der Waals surface area (Å²) in [6.45, 7) is 3.80. The molecule has 1 aromatic carbocycles. The maximum Gasteiger partial charge on any atom is 0.253 e. The fourth-order valence-corrected chi connectivity index (χ4v) is 2.89. The van der Waals surface area contributed by atoms with Gasteiger partial charge in [0.1, 0.15) is 0 Å². The second-order valence-corrected chi connectivity index (χ2v) is 5.26. The third-order valence-electron chi connectivity index (χ3n) is 3.98. The van der Waals surface area contributed by atoms with Gasteiger partial charge in [0.05, 0.1) is 0 Å². The van der Waals surface area contributed by atoms with E-state index in [9.17, 15) is 4.79 Å². The highest BCUT2D eigenvalue weighted by Gasteiger charge is 2.19. The lowest BCUT2D eigenvalue weighted by Gasteiger charge is -2.27. The van der Waals surface area contributed by atoms with Gasteiger partial charge in [-0.25, -0.2) is 0 Å². The van der Waals surface area contributed by atoms with E-state index in [0.717, 1.165) is 51.0 Å². The van der Waals surface area contributed by atoms with Gasteiger partial charge in [0, 0.05) is 25.2 Å². The van der Waals surface area contributed by atoms with Crippen molar-refractivity contribution in [2.24, 2.45) is 0 Å². The average molecular weight is 244 g/mol. The predicted molar refractivity (Wildman–Crippen MR) is 71.6 cm³/mol. The number of likely N-dealkylation sites (tertiary alicyclic amines) is 1. The Hall–Kier alpha value is -1.35. The zero-order valence-electron chi connectivity index (χ0n) is 10.7. The highest BCUT2D eigenvalue weighted by molar-refractivity contribution is 5.94. The molecule has 1 amide bonds. The topological polar surface area (TPSA) is 32.3 Å². The summed E-state index contributed by atoms with van der Waals surface area (Å²) in [5.41, 5.74) is 3.55. The van der Waals surface area contributed by atoms with Crippen LogP contribution < -0.4 is 5.32 Å². The number of nitrogens with one attached hydrogen (secondary N) is 1. The van der Waals surface area contributed by atoms with Crippen LogP contribution in [0.5, 0.6) is 0 Å². The summed E-state index contributed by atoms with van der Waals surface area (Å²) < 4.78 is 0. The molecule has 3 rings (SSSR count). The van der Waals surface area contributed by atoms with Crippen molar-refractivity contribution in [2.75, 3.05) is 19.6 Å². The van der Waals surface area contributed by atoms with Crippen molar-refractivity contribution in [1.29, 1.82) is 0 Å². The van der Waals surface area contributed by atoms with Crippen molar-refractivity contribution < 1.29 is 4.79 Å². The Kier molecular flexibility index (Phi) is 3.33. The van der Waals surface area contributed by atoms with Gasteiger partial charge in [-0.3, -0.25) is 4.79 Å². The minimum absolute atomic E-state index is 0.211. The lowest BCUT2D eigenvalue weighted by Crippen LogP contribution is -2.35. The first-order valence-electron chi connectivity index (χ1n) is 6.96. The smallest absolute Gasteiger partial charge is 0.253 e. The second-order valence-electron chi connectivity index (χ2n) is 5.26. The monoisotopic (exact) mass is 244 g/mol. The molecule has 2 aliphatic heterocycles. The molecule has 0 aromatic heterocycles. The van der Waals surface area contributed by atoms with Gasteiger partial charge >= 0.3 is 0 Å². The van der Waals surface area contributed by atoms with E-state index in [-0.39, 0.29) is 5.91 Å².